The van der Waals surface area contributed by atoms with Crippen molar-refractivity contribution < 1.29 is 32.3 Å². The van der Waals surface area contributed by atoms with E-state index in [4.69, 9.17) is 16.3 Å². The molecule has 0 heterocycles. The molecular formula is C17H13ClF3N3O4S. The number of alkyl halides is 3. The molecule has 7 nitrogen and oxygen atoms in total. The SMILES string of the molecule is O=C(COc1ccc(SC(F)(F)F)cc1)NNC(=O)NC(=O)c1ccccc1Cl. The largest absolute Gasteiger partial charge is 0.484 e. The lowest BCUT2D eigenvalue weighted by Gasteiger charge is -2.10. The van der Waals surface area contributed by atoms with E-state index < -0.39 is 30.0 Å². The number of nitrogens with one attached hydrogen (secondary N) is 3. The molecule has 2 aromatic carbocycles. The second-order valence-corrected chi connectivity index (χ2v) is 6.79. The second-order valence-electron chi connectivity index (χ2n) is 5.24. The van der Waals surface area contributed by atoms with Crippen LogP contribution in [0.5, 0.6) is 5.75 Å². The van der Waals surface area contributed by atoms with Crippen LogP contribution in [-0.4, -0.2) is 30.0 Å². The Morgan fingerprint density at radius 1 is 1.00 bits per heavy atom. The van der Waals surface area contributed by atoms with Crippen LogP contribution in [0.3, 0.4) is 0 Å². The van der Waals surface area contributed by atoms with Crippen molar-refractivity contribution >= 4 is 41.2 Å². The van der Waals surface area contributed by atoms with E-state index in [0.29, 0.717) is 0 Å². The van der Waals surface area contributed by atoms with Crippen molar-refractivity contribution in [3.05, 3.63) is 59.1 Å². The molecule has 0 saturated carbocycles. The highest BCUT2D eigenvalue weighted by Crippen LogP contribution is 2.37. The molecule has 0 atom stereocenters. The zero-order valence-corrected chi connectivity index (χ0v) is 16.0. The fourth-order valence-electron chi connectivity index (χ4n) is 1.90. The van der Waals surface area contributed by atoms with E-state index in [1.165, 1.54) is 36.4 Å². The number of hydrogen-bond acceptors (Lipinski definition) is 5. The van der Waals surface area contributed by atoms with Crippen LogP contribution in [0.4, 0.5) is 18.0 Å². The molecule has 0 unspecified atom stereocenters. The number of hydrogen-bond donors (Lipinski definition) is 3. The monoisotopic (exact) mass is 447 g/mol. The van der Waals surface area contributed by atoms with E-state index in [1.54, 1.807) is 12.1 Å². The number of rotatable bonds is 5. The van der Waals surface area contributed by atoms with Crippen molar-refractivity contribution in [2.75, 3.05) is 6.61 Å². The zero-order chi connectivity index (χ0) is 21.4. The zero-order valence-electron chi connectivity index (χ0n) is 14.4. The molecule has 0 aliphatic carbocycles. The van der Waals surface area contributed by atoms with Gasteiger partial charge in [0.1, 0.15) is 5.75 Å². The average molecular weight is 448 g/mol. The van der Waals surface area contributed by atoms with Gasteiger partial charge in [0, 0.05) is 4.90 Å². The molecule has 0 aromatic heterocycles. The minimum absolute atomic E-state index is 0.0316. The number of urea groups is 1. The third kappa shape index (κ3) is 7.92. The Bertz CT molecular complexity index is 894. The smallest absolute Gasteiger partial charge is 0.446 e. The molecule has 0 spiro atoms. The number of halogens is 4. The number of amides is 4. The predicted molar refractivity (Wildman–Crippen MR) is 99.4 cm³/mol. The molecule has 2 aromatic rings. The van der Waals surface area contributed by atoms with E-state index >= 15 is 0 Å². The first-order valence-corrected chi connectivity index (χ1v) is 8.97. The molecule has 0 fully saturated rings. The first kappa shape index (κ1) is 22.4. The van der Waals surface area contributed by atoms with E-state index in [9.17, 15) is 27.6 Å². The lowest BCUT2D eigenvalue weighted by molar-refractivity contribution is -0.123. The van der Waals surface area contributed by atoms with Gasteiger partial charge in [0.05, 0.1) is 10.6 Å². The summed E-state index contributed by atoms with van der Waals surface area (Å²) in [5.41, 5.74) is -0.372. The predicted octanol–water partition coefficient (Wildman–Crippen LogP) is 3.50. The van der Waals surface area contributed by atoms with Crippen molar-refractivity contribution in [3.8, 4) is 5.75 Å². The lowest BCUT2D eigenvalue weighted by Crippen LogP contribution is -2.49. The summed E-state index contributed by atoms with van der Waals surface area (Å²) in [6, 6.07) is 9.98. The topological polar surface area (TPSA) is 96.5 Å². The van der Waals surface area contributed by atoms with Crippen LogP contribution in [-0.2, 0) is 4.79 Å². The number of thioether (sulfide) groups is 1. The Morgan fingerprint density at radius 3 is 2.28 bits per heavy atom. The summed E-state index contributed by atoms with van der Waals surface area (Å²) < 4.78 is 41.9. The molecule has 29 heavy (non-hydrogen) atoms. The third-order valence-electron chi connectivity index (χ3n) is 3.09. The molecule has 154 valence electrons. The van der Waals surface area contributed by atoms with Gasteiger partial charge in [0.25, 0.3) is 11.8 Å². The molecule has 0 radical (unpaired) electrons. The summed E-state index contributed by atoms with van der Waals surface area (Å²) in [6.45, 7) is -0.523. The van der Waals surface area contributed by atoms with Crippen molar-refractivity contribution in [2.24, 2.45) is 0 Å². The molecular weight excluding hydrogens is 435 g/mol. The first-order valence-electron chi connectivity index (χ1n) is 7.77. The molecule has 0 aliphatic heterocycles. The van der Waals surface area contributed by atoms with E-state index in [2.05, 4.69) is 0 Å². The molecule has 3 N–H and O–H groups in total. The Morgan fingerprint density at radius 2 is 1.66 bits per heavy atom. The Hall–Kier alpha value is -2.92. The van der Waals surface area contributed by atoms with Crippen molar-refractivity contribution in [3.63, 3.8) is 0 Å². The standard InChI is InChI=1S/C17H13ClF3N3O4S/c18-13-4-2-1-3-12(13)15(26)22-16(27)24-23-14(25)9-28-10-5-7-11(8-6-10)29-17(19,20)21/h1-8H,9H2,(H,23,25)(H2,22,24,26,27). The summed E-state index contributed by atoms with van der Waals surface area (Å²) in [7, 11) is 0. The van der Waals surface area contributed by atoms with Crippen LogP contribution in [0.2, 0.25) is 5.02 Å². The van der Waals surface area contributed by atoms with Gasteiger partial charge >= 0.3 is 11.5 Å². The molecule has 0 aliphatic rings. The minimum Gasteiger partial charge on any atom is -0.484 e. The van der Waals surface area contributed by atoms with Gasteiger partial charge in [0.2, 0.25) is 0 Å². The quantitative estimate of drug-likeness (QED) is 0.481. The van der Waals surface area contributed by atoms with Gasteiger partial charge in [-0.2, -0.15) is 13.2 Å². The number of benzene rings is 2. The minimum atomic E-state index is -4.40. The molecule has 4 amide bonds. The summed E-state index contributed by atoms with van der Waals surface area (Å²) >= 11 is 5.56. The summed E-state index contributed by atoms with van der Waals surface area (Å²) in [5, 5.41) is 2.12. The van der Waals surface area contributed by atoms with Crippen LogP contribution in [0.15, 0.2) is 53.4 Å². The van der Waals surface area contributed by atoms with Crippen LogP contribution in [0.1, 0.15) is 10.4 Å². The average Bonchev–Trinajstić information content (AvgIpc) is 2.65. The fraction of sp³-hybridized carbons (Fsp3) is 0.118. The van der Waals surface area contributed by atoms with Crippen molar-refractivity contribution in [1.82, 2.24) is 16.2 Å². The normalized spacial score (nSPS) is 10.8. The fourth-order valence-corrected chi connectivity index (χ4v) is 2.66. The maximum absolute atomic E-state index is 12.3. The first-order chi connectivity index (χ1) is 13.6. The highest BCUT2D eigenvalue weighted by atomic mass is 35.5. The van der Waals surface area contributed by atoms with Gasteiger partial charge in [-0.15, -0.1) is 0 Å². The van der Waals surface area contributed by atoms with Crippen LogP contribution in [0, 0.1) is 0 Å². The number of imide groups is 1. The second kappa shape index (κ2) is 10.0. The van der Waals surface area contributed by atoms with Crippen molar-refractivity contribution in [2.45, 2.75) is 10.4 Å². The number of carbonyl (C=O) groups excluding carboxylic acids is 3. The number of ether oxygens (including phenoxy) is 1. The Labute approximate surface area is 171 Å². The van der Waals surface area contributed by atoms with E-state index in [-0.39, 0.29) is 33.0 Å². The molecule has 12 heteroatoms. The maximum atomic E-state index is 12.3. The van der Waals surface area contributed by atoms with Gasteiger partial charge in [0.15, 0.2) is 6.61 Å². The van der Waals surface area contributed by atoms with Gasteiger partial charge in [-0.1, -0.05) is 23.7 Å². The van der Waals surface area contributed by atoms with E-state index in [0.717, 1.165) is 0 Å². The highest BCUT2D eigenvalue weighted by molar-refractivity contribution is 8.00. The summed E-state index contributed by atoms with van der Waals surface area (Å²) in [6.07, 6.45) is 0. The highest BCUT2D eigenvalue weighted by Gasteiger charge is 2.29. The van der Waals surface area contributed by atoms with E-state index in [1.807, 2.05) is 16.2 Å². The van der Waals surface area contributed by atoms with Gasteiger partial charge in [-0.25, -0.2) is 10.2 Å². The molecule has 0 saturated heterocycles. The summed E-state index contributed by atoms with van der Waals surface area (Å²) in [5.74, 6) is -1.38. The van der Waals surface area contributed by atoms with Crippen LogP contribution >= 0.6 is 23.4 Å². The molecule has 0 bridgehead atoms. The lowest BCUT2D eigenvalue weighted by atomic mass is 10.2. The molecule has 2 rings (SSSR count). The Kier molecular flexibility index (Phi) is 7.74. The maximum Gasteiger partial charge on any atom is 0.446 e. The number of carbonyl (C=O) groups is 3. The summed E-state index contributed by atoms with van der Waals surface area (Å²) in [4.78, 5) is 35.1. The van der Waals surface area contributed by atoms with Crippen LogP contribution in [0.25, 0.3) is 0 Å². The van der Waals surface area contributed by atoms with Gasteiger partial charge in [-0.05, 0) is 48.2 Å². The van der Waals surface area contributed by atoms with Gasteiger partial charge < -0.3 is 4.74 Å². The van der Waals surface area contributed by atoms with Gasteiger partial charge in [-0.3, -0.25) is 20.3 Å². The van der Waals surface area contributed by atoms with Crippen molar-refractivity contribution in [1.29, 1.82) is 0 Å². The number of hydrazine groups is 1. The van der Waals surface area contributed by atoms with Crippen LogP contribution < -0.4 is 20.9 Å². The Balaban J connectivity index is 1.73. The third-order valence-corrected chi connectivity index (χ3v) is 4.16.